The number of hydrogen-bond acceptors (Lipinski definition) is 3. The lowest BCUT2D eigenvalue weighted by molar-refractivity contribution is 0.0640. The molecular formula is C19H17Cl2N3O2. The van der Waals surface area contributed by atoms with Gasteiger partial charge in [0.05, 0.1) is 16.3 Å². The van der Waals surface area contributed by atoms with Gasteiger partial charge < -0.3 is 15.5 Å². The quantitative estimate of drug-likeness (QED) is 0.779. The molecule has 2 N–H and O–H groups in total. The van der Waals surface area contributed by atoms with Gasteiger partial charge in [-0.3, -0.25) is 9.59 Å². The van der Waals surface area contributed by atoms with Crippen molar-refractivity contribution in [3.63, 3.8) is 0 Å². The number of carbonyl (C=O) groups excluding carboxylic acids is 2. The lowest BCUT2D eigenvalue weighted by Crippen LogP contribution is -2.62. The molecule has 134 valence electrons. The zero-order valence-corrected chi connectivity index (χ0v) is 15.4. The lowest BCUT2D eigenvalue weighted by Gasteiger charge is -2.46. The van der Waals surface area contributed by atoms with Crippen LogP contribution in [0.15, 0.2) is 42.5 Å². The molecule has 2 aliphatic rings. The topological polar surface area (TPSA) is 61.4 Å². The molecule has 2 aliphatic heterocycles. The van der Waals surface area contributed by atoms with Crippen LogP contribution in [0.2, 0.25) is 10.0 Å². The van der Waals surface area contributed by atoms with Gasteiger partial charge in [-0.2, -0.15) is 0 Å². The number of rotatable bonds is 1. The third kappa shape index (κ3) is 3.02. The maximum atomic E-state index is 12.6. The minimum atomic E-state index is -0.550. The molecule has 26 heavy (non-hydrogen) atoms. The summed E-state index contributed by atoms with van der Waals surface area (Å²) in [5, 5.41) is 7.49. The van der Waals surface area contributed by atoms with Crippen molar-refractivity contribution < 1.29 is 9.59 Å². The molecule has 0 unspecified atom stereocenters. The molecule has 2 aromatic carbocycles. The second-order valence-corrected chi connectivity index (χ2v) is 7.47. The number of nitrogens with one attached hydrogen (secondary N) is 2. The smallest absolute Gasteiger partial charge is 0.256 e. The van der Waals surface area contributed by atoms with Crippen LogP contribution in [0.4, 0.5) is 5.69 Å². The Morgan fingerprint density at radius 2 is 1.69 bits per heavy atom. The molecule has 0 bridgehead atoms. The molecule has 0 radical (unpaired) electrons. The van der Waals surface area contributed by atoms with Gasteiger partial charge in [-0.15, -0.1) is 0 Å². The molecule has 5 nitrogen and oxygen atoms in total. The van der Waals surface area contributed by atoms with E-state index in [1.165, 1.54) is 0 Å². The van der Waals surface area contributed by atoms with E-state index < -0.39 is 5.66 Å². The number of piperidine rings is 1. The van der Waals surface area contributed by atoms with Gasteiger partial charge in [0.1, 0.15) is 5.66 Å². The van der Waals surface area contributed by atoms with E-state index in [-0.39, 0.29) is 11.8 Å². The summed E-state index contributed by atoms with van der Waals surface area (Å²) in [4.78, 5) is 27.0. The Hall–Kier alpha value is -2.24. The van der Waals surface area contributed by atoms with Gasteiger partial charge in [0.15, 0.2) is 0 Å². The fourth-order valence-corrected chi connectivity index (χ4v) is 3.93. The van der Waals surface area contributed by atoms with Crippen LogP contribution >= 0.6 is 23.2 Å². The number of benzene rings is 2. The summed E-state index contributed by atoms with van der Waals surface area (Å²) in [6.07, 6.45) is 1.23. The summed E-state index contributed by atoms with van der Waals surface area (Å²) in [7, 11) is 0. The zero-order valence-electron chi connectivity index (χ0n) is 13.9. The summed E-state index contributed by atoms with van der Waals surface area (Å²) in [6, 6.07) is 12.3. The van der Waals surface area contributed by atoms with Crippen molar-refractivity contribution in [2.24, 2.45) is 0 Å². The first-order chi connectivity index (χ1) is 12.5. The second-order valence-electron chi connectivity index (χ2n) is 6.62. The third-order valence-corrected chi connectivity index (χ3v) is 5.53. The van der Waals surface area contributed by atoms with Gasteiger partial charge in [-0.1, -0.05) is 29.3 Å². The highest BCUT2D eigenvalue weighted by Crippen LogP contribution is 2.34. The average Bonchev–Trinajstić information content (AvgIpc) is 2.62. The van der Waals surface area contributed by atoms with Gasteiger partial charge >= 0.3 is 0 Å². The first kappa shape index (κ1) is 17.2. The van der Waals surface area contributed by atoms with Gasteiger partial charge in [0, 0.05) is 36.5 Å². The molecule has 1 spiro atoms. The molecular weight excluding hydrogens is 373 g/mol. The molecule has 7 heteroatoms. The number of anilines is 1. The Morgan fingerprint density at radius 3 is 2.38 bits per heavy atom. The molecule has 0 atom stereocenters. The van der Waals surface area contributed by atoms with E-state index in [4.69, 9.17) is 23.2 Å². The van der Waals surface area contributed by atoms with E-state index >= 15 is 0 Å². The zero-order chi connectivity index (χ0) is 18.3. The van der Waals surface area contributed by atoms with Crippen LogP contribution in [0.1, 0.15) is 33.6 Å². The van der Waals surface area contributed by atoms with Crippen molar-refractivity contribution in [2.45, 2.75) is 18.5 Å². The minimum Gasteiger partial charge on any atom is -0.362 e. The highest BCUT2D eigenvalue weighted by molar-refractivity contribution is 6.34. The fraction of sp³-hybridized carbons (Fsp3) is 0.263. The van der Waals surface area contributed by atoms with Crippen molar-refractivity contribution in [2.75, 3.05) is 18.4 Å². The summed E-state index contributed by atoms with van der Waals surface area (Å²) < 4.78 is 0. The van der Waals surface area contributed by atoms with Gasteiger partial charge in [-0.25, -0.2) is 0 Å². The van der Waals surface area contributed by atoms with Crippen molar-refractivity contribution >= 4 is 40.7 Å². The Labute approximate surface area is 161 Å². The molecule has 0 saturated carbocycles. The summed E-state index contributed by atoms with van der Waals surface area (Å²) in [5.41, 5.74) is 1.27. The van der Waals surface area contributed by atoms with Crippen LogP contribution < -0.4 is 10.6 Å². The van der Waals surface area contributed by atoms with E-state index in [0.717, 1.165) is 5.69 Å². The van der Waals surface area contributed by atoms with E-state index in [9.17, 15) is 9.59 Å². The van der Waals surface area contributed by atoms with Crippen LogP contribution in [-0.4, -0.2) is 35.5 Å². The van der Waals surface area contributed by atoms with Gasteiger partial charge in [0.2, 0.25) is 0 Å². The average molecular weight is 390 g/mol. The normalized spacial score (nSPS) is 18.1. The first-order valence-corrected chi connectivity index (χ1v) is 9.17. The summed E-state index contributed by atoms with van der Waals surface area (Å²) >= 11 is 12.0. The van der Waals surface area contributed by atoms with Crippen LogP contribution in [-0.2, 0) is 0 Å². The largest absolute Gasteiger partial charge is 0.362 e. The number of likely N-dealkylation sites (tertiary alicyclic amines) is 1. The molecule has 2 amide bonds. The van der Waals surface area contributed by atoms with Gasteiger partial charge in [0.25, 0.3) is 11.8 Å². The van der Waals surface area contributed by atoms with Crippen LogP contribution in [0, 0.1) is 0 Å². The van der Waals surface area contributed by atoms with E-state index in [0.29, 0.717) is 47.1 Å². The highest BCUT2D eigenvalue weighted by Gasteiger charge is 2.41. The number of nitrogens with zero attached hydrogens (tertiary/aromatic N) is 1. The molecule has 2 aromatic rings. The van der Waals surface area contributed by atoms with E-state index in [2.05, 4.69) is 10.6 Å². The van der Waals surface area contributed by atoms with Crippen LogP contribution in [0.3, 0.4) is 0 Å². The molecule has 0 aromatic heterocycles. The molecule has 0 aliphatic carbocycles. The van der Waals surface area contributed by atoms with E-state index in [1.807, 2.05) is 12.1 Å². The molecule has 4 rings (SSSR count). The van der Waals surface area contributed by atoms with Crippen LogP contribution in [0.5, 0.6) is 0 Å². The fourth-order valence-electron chi connectivity index (χ4n) is 3.54. The van der Waals surface area contributed by atoms with E-state index in [1.54, 1.807) is 35.2 Å². The predicted octanol–water partition coefficient (Wildman–Crippen LogP) is 3.78. The number of halogens is 2. The number of hydrogen-bond donors (Lipinski definition) is 2. The summed E-state index contributed by atoms with van der Waals surface area (Å²) in [5.74, 6) is -0.205. The molecule has 1 saturated heterocycles. The highest BCUT2D eigenvalue weighted by atomic mass is 35.5. The maximum absolute atomic E-state index is 12.6. The Kier molecular flexibility index (Phi) is 4.29. The number of fused-ring (bicyclic) bond motifs is 1. The first-order valence-electron chi connectivity index (χ1n) is 8.41. The second kappa shape index (κ2) is 6.49. The Bertz CT molecular complexity index is 875. The molecule has 1 fully saturated rings. The SMILES string of the molecule is O=C1NC2(CCN(C(=O)c3ccc(Cl)cc3)CC2)Nc2cccc(Cl)c21. The minimum absolute atomic E-state index is 0.0258. The van der Waals surface area contributed by atoms with Crippen LogP contribution in [0.25, 0.3) is 0 Å². The maximum Gasteiger partial charge on any atom is 0.256 e. The number of amides is 2. The van der Waals surface area contributed by atoms with Crippen molar-refractivity contribution in [3.05, 3.63) is 63.6 Å². The van der Waals surface area contributed by atoms with Crippen molar-refractivity contribution in [1.29, 1.82) is 0 Å². The Balaban J connectivity index is 1.49. The lowest BCUT2D eigenvalue weighted by atomic mass is 9.92. The van der Waals surface area contributed by atoms with Crippen molar-refractivity contribution in [3.8, 4) is 0 Å². The standard InChI is InChI=1S/C19H17Cl2N3O2/c20-13-6-4-12(5-7-13)18(26)24-10-8-19(9-11-24)22-15-3-1-2-14(21)16(15)17(25)23-19/h1-7,22H,8-11H2,(H,23,25). The predicted molar refractivity (Wildman–Crippen MR) is 102 cm³/mol. The monoisotopic (exact) mass is 389 g/mol. The number of carbonyl (C=O) groups is 2. The molecule has 2 heterocycles. The Morgan fingerprint density at radius 1 is 1.00 bits per heavy atom. The third-order valence-electron chi connectivity index (χ3n) is 4.96. The van der Waals surface area contributed by atoms with Crippen molar-refractivity contribution in [1.82, 2.24) is 10.2 Å². The van der Waals surface area contributed by atoms with Gasteiger partial charge in [-0.05, 0) is 36.4 Å². The summed E-state index contributed by atoms with van der Waals surface area (Å²) in [6.45, 7) is 1.09.